The maximum atomic E-state index is 5.83. The van der Waals surface area contributed by atoms with Crippen LogP contribution in [0, 0.1) is 11.3 Å². The van der Waals surface area contributed by atoms with Crippen LogP contribution >= 0.6 is 15.9 Å². The van der Waals surface area contributed by atoms with E-state index in [-0.39, 0.29) is 0 Å². The third kappa shape index (κ3) is 2.96. The van der Waals surface area contributed by atoms with Crippen molar-refractivity contribution in [3.05, 3.63) is 0 Å². The predicted octanol–water partition coefficient (Wildman–Crippen LogP) is 3.76. The van der Waals surface area contributed by atoms with Crippen molar-refractivity contribution < 1.29 is 4.74 Å². The van der Waals surface area contributed by atoms with Crippen molar-refractivity contribution in [2.24, 2.45) is 11.3 Å². The Morgan fingerprint density at radius 1 is 1.21 bits per heavy atom. The predicted molar refractivity (Wildman–Crippen MR) is 62.9 cm³/mol. The van der Waals surface area contributed by atoms with Gasteiger partial charge in [-0.05, 0) is 25.2 Å². The van der Waals surface area contributed by atoms with E-state index in [2.05, 4.69) is 15.9 Å². The van der Waals surface area contributed by atoms with Gasteiger partial charge in [-0.2, -0.15) is 0 Å². The average molecular weight is 261 g/mol. The van der Waals surface area contributed by atoms with Crippen LogP contribution in [0.25, 0.3) is 0 Å². The van der Waals surface area contributed by atoms with Gasteiger partial charge in [0.2, 0.25) is 0 Å². The molecule has 2 heteroatoms. The molecular weight excluding hydrogens is 240 g/mol. The molecule has 0 spiro atoms. The standard InChI is InChI=1S/C12H21BrO/c13-9-12(6-1-2-7-12)10-14-8-5-11-3-4-11/h11H,1-10H2. The van der Waals surface area contributed by atoms with Crippen LogP contribution in [0.2, 0.25) is 0 Å². The van der Waals surface area contributed by atoms with Crippen LogP contribution in [0.15, 0.2) is 0 Å². The molecule has 2 rings (SSSR count). The van der Waals surface area contributed by atoms with Gasteiger partial charge >= 0.3 is 0 Å². The van der Waals surface area contributed by atoms with E-state index >= 15 is 0 Å². The molecule has 2 saturated carbocycles. The Labute approximate surface area is 95.7 Å². The number of alkyl halides is 1. The van der Waals surface area contributed by atoms with E-state index in [9.17, 15) is 0 Å². The van der Waals surface area contributed by atoms with E-state index in [0.717, 1.165) is 24.5 Å². The fourth-order valence-corrected chi connectivity index (χ4v) is 3.11. The molecule has 1 nitrogen and oxygen atoms in total. The zero-order valence-corrected chi connectivity index (χ0v) is 10.5. The van der Waals surface area contributed by atoms with E-state index < -0.39 is 0 Å². The second kappa shape index (κ2) is 4.98. The second-order valence-corrected chi connectivity index (χ2v) is 5.69. The smallest absolute Gasteiger partial charge is 0.0530 e. The topological polar surface area (TPSA) is 9.23 Å². The molecule has 0 aliphatic heterocycles. The Morgan fingerprint density at radius 3 is 2.50 bits per heavy atom. The lowest BCUT2D eigenvalue weighted by Crippen LogP contribution is -2.25. The summed E-state index contributed by atoms with van der Waals surface area (Å²) in [5.41, 5.74) is 0.490. The van der Waals surface area contributed by atoms with E-state index in [4.69, 9.17) is 4.74 Å². The minimum absolute atomic E-state index is 0.490. The summed E-state index contributed by atoms with van der Waals surface area (Å²) in [5, 5.41) is 1.13. The molecule has 0 amide bonds. The Bertz CT molecular complexity index is 171. The first-order valence-electron chi connectivity index (χ1n) is 5.98. The van der Waals surface area contributed by atoms with Crippen molar-refractivity contribution in [1.29, 1.82) is 0 Å². The molecule has 0 aromatic heterocycles. The maximum Gasteiger partial charge on any atom is 0.0530 e. The fraction of sp³-hybridized carbons (Fsp3) is 1.00. The summed E-state index contributed by atoms with van der Waals surface area (Å²) < 4.78 is 5.83. The van der Waals surface area contributed by atoms with Gasteiger partial charge in [0.1, 0.15) is 0 Å². The first kappa shape index (κ1) is 10.9. The van der Waals surface area contributed by atoms with Crippen LogP contribution in [-0.4, -0.2) is 18.5 Å². The summed E-state index contributed by atoms with van der Waals surface area (Å²) in [5.74, 6) is 1.01. The molecule has 0 unspecified atom stereocenters. The van der Waals surface area contributed by atoms with E-state index in [0.29, 0.717) is 5.41 Å². The van der Waals surface area contributed by atoms with E-state index in [1.807, 2.05) is 0 Å². The molecule has 0 saturated heterocycles. The van der Waals surface area contributed by atoms with Crippen molar-refractivity contribution in [2.75, 3.05) is 18.5 Å². The molecule has 0 bridgehead atoms. The molecule has 0 N–H and O–H groups in total. The zero-order chi connectivity index (χ0) is 9.86. The van der Waals surface area contributed by atoms with Crippen LogP contribution in [0.3, 0.4) is 0 Å². The van der Waals surface area contributed by atoms with Crippen LogP contribution < -0.4 is 0 Å². The first-order valence-corrected chi connectivity index (χ1v) is 7.11. The lowest BCUT2D eigenvalue weighted by molar-refractivity contribution is 0.0560. The molecule has 2 fully saturated rings. The number of hydrogen-bond acceptors (Lipinski definition) is 1. The van der Waals surface area contributed by atoms with Gasteiger partial charge in [-0.25, -0.2) is 0 Å². The summed E-state index contributed by atoms with van der Waals surface area (Å²) in [6.07, 6.45) is 9.73. The van der Waals surface area contributed by atoms with Crippen molar-refractivity contribution in [2.45, 2.75) is 44.9 Å². The Morgan fingerprint density at radius 2 is 1.93 bits per heavy atom. The molecule has 2 aliphatic rings. The van der Waals surface area contributed by atoms with Gasteiger partial charge in [0.25, 0.3) is 0 Å². The highest BCUT2D eigenvalue weighted by molar-refractivity contribution is 9.09. The highest BCUT2D eigenvalue weighted by atomic mass is 79.9. The van der Waals surface area contributed by atoms with Crippen molar-refractivity contribution in [1.82, 2.24) is 0 Å². The lowest BCUT2D eigenvalue weighted by atomic mass is 9.90. The molecule has 14 heavy (non-hydrogen) atoms. The number of halogens is 1. The van der Waals surface area contributed by atoms with Crippen LogP contribution in [0.5, 0.6) is 0 Å². The molecule has 0 heterocycles. The summed E-state index contributed by atoms with van der Waals surface area (Å²) in [4.78, 5) is 0. The summed E-state index contributed by atoms with van der Waals surface area (Å²) in [7, 11) is 0. The third-order valence-corrected chi connectivity index (χ3v) is 4.91. The first-order chi connectivity index (χ1) is 6.85. The maximum absolute atomic E-state index is 5.83. The minimum atomic E-state index is 0.490. The molecule has 0 aromatic carbocycles. The van der Waals surface area contributed by atoms with Gasteiger partial charge in [0.05, 0.1) is 6.61 Å². The molecule has 2 aliphatic carbocycles. The van der Waals surface area contributed by atoms with E-state index in [1.54, 1.807) is 0 Å². The Kier molecular flexibility index (Phi) is 3.89. The SMILES string of the molecule is BrCC1(COCCC2CC2)CCCC1. The highest BCUT2D eigenvalue weighted by Gasteiger charge is 2.33. The second-order valence-electron chi connectivity index (χ2n) is 5.13. The average Bonchev–Trinajstić information content (AvgIpc) is 2.92. The molecule has 0 radical (unpaired) electrons. The number of rotatable bonds is 6. The normalized spacial score (nSPS) is 25.5. The molecule has 0 atom stereocenters. The molecule has 82 valence electrons. The Hall–Kier alpha value is 0.440. The van der Waals surface area contributed by atoms with Gasteiger partial charge in [-0.1, -0.05) is 41.6 Å². The van der Waals surface area contributed by atoms with Crippen LogP contribution in [-0.2, 0) is 4.74 Å². The summed E-state index contributed by atoms with van der Waals surface area (Å²) in [6.45, 7) is 1.99. The van der Waals surface area contributed by atoms with Crippen LogP contribution in [0.1, 0.15) is 44.9 Å². The monoisotopic (exact) mass is 260 g/mol. The summed E-state index contributed by atoms with van der Waals surface area (Å²) in [6, 6.07) is 0. The van der Waals surface area contributed by atoms with Crippen molar-refractivity contribution in [3.8, 4) is 0 Å². The van der Waals surface area contributed by atoms with Gasteiger partial charge in [-0.15, -0.1) is 0 Å². The van der Waals surface area contributed by atoms with Gasteiger partial charge < -0.3 is 4.74 Å². The van der Waals surface area contributed by atoms with Gasteiger partial charge in [0, 0.05) is 17.4 Å². The molecule has 0 aromatic rings. The van der Waals surface area contributed by atoms with E-state index in [1.165, 1.54) is 44.9 Å². The quantitative estimate of drug-likeness (QED) is 0.522. The lowest BCUT2D eigenvalue weighted by Gasteiger charge is -2.26. The summed E-state index contributed by atoms with van der Waals surface area (Å²) >= 11 is 3.65. The van der Waals surface area contributed by atoms with Gasteiger partial charge in [0.15, 0.2) is 0 Å². The number of hydrogen-bond donors (Lipinski definition) is 0. The highest BCUT2D eigenvalue weighted by Crippen LogP contribution is 2.40. The van der Waals surface area contributed by atoms with Crippen molar-refractivity contribution >= 4 is 15.9 Å². The Balaban J connectivity index is 1.61. The van der Waals surface area contributed by atoms with Crippen LogP contribution in [0.4, 0.5) is 0 Å². The molecular formula is C12H21BrO. The third-order valence-electron chi connectivity index (χ3n) is 3.72. The fourth-order valence-electron chi connectivity index (χ4n) is 2.39. The number of ether oxygens (including phenoxy) is 1. The van der Waals surface area contributed by atoms with Crippen molar-refractivity contribution in [3.63, 3.8) is 0 Å². The minimum Gasteiger partial charge on any atom is -0.381 e. The van der Waals surface area contributed by atoms with Gasteiger partial charge in [-0.3, -0.25) is 0 Å². The largest absolute Gasteiger partial charge is 0.381 e. The zero-order valence-electron chi connectivity index (χ0n) is 8.93.